The van der Waals surface area contributed by atoms with Gasteiger partial charge in [-0.05, 0) is 57.0 Å². The van der Waals surface area contributed by atoms with Gasteiger partial charge < -0.3 is 15.4 Å². The van der Waals surface area contributed by atoms with Crippen LogP contribution < -0.4 is 10.6 Å². The number of methoxy groups -OCH3 is 1. The lowest BCUT2D eigenvalue weighted by Crippen LogP contribution is -2.34. The Bertz CT molecular complexity index is 409. The first-order valence-electron chi connectivity index (χ1n) is 6.85. The zero-order valence-electron chi connectivity index (χ0n) is 11.6. The first-order valence-corrected chi connectivity index (χ1v) is 6.85. The van der Waals surface area contributed by atoms with Crippen molar-refractivity contribution in [2.45, 2.75) is 37.8 Å². The third-order valence-electron chi connectivity index (χ3n) is 3.81. The van der Waals surface area contributed by atoms with Crippen molar-refractivity contribution in [2.24, 2.45) is 0 Å². The molecule has 0 heterocycles. The normalized spacial score (nSPS) is 22.8. The fraction of sp³-hybridized carbons (Fsp3) is 0.533. The summed E-state index contributed by atoms with van der Waals surface area (Å²) in [5, 5.41) is 6.87. The van der Waals surface area contributed by atoms with Crippen LogP contribution in [0.3, 0.4) is 0 Å². The van der Waals surface area contributed by atoms with Gasteiger partial charge in [-0.25, -0.2) is 4.79 Å². The van der Waals surface area contributed by atoms with Gasteiger partial charge in [0.25, 0.3) is 0 Å². The molecule has 19 heavy (non-hydrogen) atoms. The van der Waals surface area contributed by atoms with Crippen LogP contribution in [0.5, 0.6) is 0 Å². The minimum absolute atomic E-state index is 0.291. The summed E-state index contributed by atoms with van der Waals surface area (Å²) in [6.45, 7) is 0. The van der Waals surface area contributed by atoms with Crippen LogP contribution in [-0.4, -0.2) is 32.2 Å². The molecule has 1 saturated carbocycles. The van der Waals surface area contributed by atoms with Crippen molar-refractivity contribution in [3.63, 3.8) is 0 Å². The van der Waals surface area contributed by atoms with Crippen molar-refractivity contribution >= 4 is 11.7 Å². The number of hydrogen-bond donors (Lipinski definition) is 2. The second-order valence-electron chi connectivity index (χ2n) is 5.05. The minimum Gasteiger partial charge on any atom is -0.465 e. The third kappa shape index (κ3) is 3.70. The molecule has 1 fully saturated rings. The number of carbonyl (C=O) groups excluding carboxylic acids is 1. The van der Waals surface area contributed by atoms with Gasteiger partial charge in [0.05, 0.1) is 12.7 Å². The molecule has 0 radical (unpaired) electrons. The Kier molecular flexibility index (Phi) is 4.80. The number of hydrogen-bond acceptors (Lipinski definition) is 4. The van der Waals surface area contributed by atoms with E-state index in [1.807, 2.05) is 19.2 Å². The molecular weight excluding hydrogens is 240 g/mol. The predicted octanol–water partition coefficient (Wildman–Crippen LogP) is 2.42. The van der Waals surface area contributed by atoms with E-state index in [0.29, 0.717) is 17.6 Å². The van der Waals surface area contributed by atoms with Crippen molar-refractivity contribution in [1.82, 2.24) is 5.32 Å². The zero-order valence-corrected chi connectivity index (χ0v) is 11.6. The maximum atomic E-state index is 11.3. The fourth-order valence-corrected chi connectivity index (χ4v) is 2.58. The Morgan fingerprint density at radius 3 is 2.21 bits per heavy atom. The first-order chi connectivity index (χ1) is 9.22. The summed E-state index contributed by atoms with van der Waals surface area (Å²) in [5.41, 5.74) is 1.66. The van der Waals surface area contributed by atoms with Gasteiger partial charge in [0.2, 0.25) is 0 Å². The van der Waals surface area contributed by atoms with Gasteiger partial charge in [-0.3, -0.25) is 0 Å². The number of carbonyl (C=O) groups is 1. The largest absolute Gasteiger partial charge is 0.465 e. The van der Waals surface area contributed by atoms with Crippen molar-refractivity contribution < 1.29 is 9.53 Å². The fourth-order valence-electron chi connectivity index (χ4n) is 2.58. The topological polar surface area (TPSA) is 50.4 Å². The monoisotopic (exact) mass is 262 g/mol. The number of ether oxygens (including phenoxy) is 1. The molecule has 0 spiro atoms. The molecule has 0 amide bonds. The summed E-state index contributed by atoms with van der Waals surface area (Å²) >= 11 is 0. The summed E-state index contributed by atoms with van der Waals surface area (Å²) in [4.78, 5) is 11.3. The number of nitrogens with one attached hydrogen (secondary N) is 2. The average Bonchev–Trinajstić information content (AvgIpc) is 2.48. The number of benzene rings is 1. The molecule has 1 aliphatic rings. The van der Waals surface area contributed by atoms with Gasteiger partial charge in [-0.2, -0.15) is 0 Å². The quantitative estimate of drug-likeness (QED) is 0.818. The lowest BCUT2D eigenvalue weighted by Gasteiger charge is -2.29. The molecule has 4 heteroatoms. The second-order valence-corrected chi connectivity index (χ2v) is 5.05. The van der Waals surface area contributed by atoms with Gasteiger partial charge in [-0.15, -0.1) is 0 Å². The van der Waals surface area contributed by atoms with Gasteiger partial charge >= 0.3 is 5.97 Å². The molecule has 1 aromatic carbocycles. The smallest absolute Gasteiger partial charge is 0.337 e. The summed E-state index contributed by atoms with van der Waals surface area (Å²) in [6, 6.07) is 8.68. The highest BCUT2D eigenvalue weighted by molar-refractivity contribution is 5.89. The van der Waals surface area contributed by atoms with Crippen LogP contribution in [0.15, 0.2) is 24.3 Å². The molecule has 0 unspecified atom stereocenters. The third-order valence-corrected chi connectivity index (χ3v) is 3.81. The van der Waals surface area contributed by atoms with Crippen LogP contribution in [0.4, 0.5) is 5.69 Å². The Labute approximate surface area is 114 Å². The molecule has 2 N–H and O–H groups in total. The van der Waals surface area contributed by atoms with E-state index in [4.69, 9.17) is 0 Å². The van der Waals surface area contributed by atoms with Crippen LogP contribution >= 0.6 is 0 Å². The standard InChI is InChI=1S/C15H22N2O2/c1-16-12-7-9-14(10-8-12)17-13-5-3-11(4-6-13)15(18)19-2/h3-6,12,14,16-17H,7-10H2,1-2H3. The van der Waals surface area contributed by atoms with E-state index >= 15 is 0 Å². The molecule has 1 aliphatic carbocycles. The number of esters is 1. The lowest BCUT2D eigenvalue weighted by molar-refractivity contribution is 0.0601. The number of rotatable bonds is 4. The average molecular weight is 262 g/mol. The van der Waals surface area contributed by atoms with Crippen LogP contribution in [0, 0.1) is 0 Å². The second kappa shape index (κ2) is 6.57. The first kappa shape index (κ1) is 13.9. The molecule has 4 nitrogen and oxygen atoms in total. The molecule has 0 saturated heterocycles. The molecule has 2 rings (SSSR count). The Hall–Kier alpha value is -1.55. The molecule has 104 valence electrons. The highest BCUT2D eigenvalue weighted by Crippen LogP contribution is 2.22. The van der Waals surface area contributed by atoms with E-state index in [0.717, 1.165) is 5.69 Å². The Morgan fingerprint density at radius 1 is 1.11 bits per heavy atom. The lowest BCUT2D eigenvalue weighted by atomic mass is 9.91. The molecule has 0 atom stereocenters. The van der Waals surface area contributed by atoms with Crippen molar-refractivity contribution in [2.75, 3.05) is 19.5 Å². The van der Waals surface area contributed by atoms with E-state index in [2.05, 4.69) is 15.4 Å². The maximum absolute atomic E-state index is 11.3. The Balaban J connectivity index is 1.88. The molecule has 0 bridgehead atoms. The van der Waals surface area contributed by atoms with Gasteiger partial charge in [-0.1, -0.05) is 0 Å². The van der Waals surface area contributed by atoms with Crippen LogP contribution in [0.25, 0.3) is 0 Å². The van der Waals surface area contributed by atoms with Crippen molar-refractivity contribution in [1.29, 1.82) is 0 Å². The maximum Gasteiger partial charge on any atom is 0.337 e. The SMILES string of the molecule is CNC1CCC(Nc2ccc(C(=O)OC)cc2)CC1. The van der Waals surface area contributed by atoms with Crippen LogP contribution in [-0.2, 0) is 4.74 Å². The summed E-state index contributed by atoms with van der Waals surface area (Å²) < 4.78 is 4.68. The van der Waals surface area contributed by atoms with E-state index in [1.165, 1.54) is 32.8 Å². The minimum atomic E-state index is -0.291. The highest BCUT2D eigenvalue weighted by atomic mass is 16.5. The molecule has 0 aliphatic heterocycles. The van der Waals surface area contributed by atoms with Crippen LogP contribution in [0.2, 0.25) is 0 Å². The Morgan fingerprint density at radius 2 is 1.68 bits per heavy atom. The molecule has 0 aromatic heterocycles. The van der Waals surface area contributed by atoms with Gasteiger partial charge in [0.1, 0.15) is 0 Å². The van der Waals surface area contributed by atoms with E-state index < -0.39 is 0 Å². The van der Waals surface area contributed by atoms with Crippen molar-refractivity contribution in [3.8, 4) is 0 Å². The molecular formula is C15H22N2O2. The van der Waals surface area contributed by atoms with E-state index in [9.17, 15) is 4.79 Å². The van der Waals surface area contributed by atoms with E-state index in [-0.39, 0.29) is 5.97 Å². The molecule has 1 aromatic rings. The van der Waals surface area contributed by atoms with Gasteiger partial charge in [0.15, 0.2) is 0 Å². The summed E-state index contributed by atoms with van der Waals surface area (Å²) in [5.74, 6) is -0.291. The zero-order chi connectivity index (χ0) is 13.7. The summed E-state index contributed by atoms with van der Waals surface area (Å²) in [7, 11) is 3.43. The number of anilines is 1. The highest BCUT2D eigenvalue weighted by Gasteiger charge is 2.19. The predicted molar refractivity (Wildman–Crippen MR) is 76.5 cm³/mol. The summed E-state index contributed by atoms with van der Waals surface area (Å²) in [6.07, 6.45) is 4.80. The van der Waals surface area contributed by atoms with Crippen LogP contribution in [0.1, 0.15) is 36.0 Å². The van der Waals surface area contributed by atoms with Gasteiger partial charge in [0, 0.05) is 17.8 Å². The van der Waals surface area contributed by atoms with Crippen molar-refractivity contribution in [3.05, 3.63) is 29.8 Å². The van der Waals surface area contributed by atoms with E-state index in [1.54, 1.807) is 12.1 Å².